The highest BCUT2D eigenvalue weighted by molar-refractivity contribution is 6.30. The fourth-order valence-corrected chi connectivity index (χ4v) is 3.82. The lowest BCUT2D eigenvalue weighted by Gasteiger charge is -2.30. The summed E-state index contributed by atoms with van der Waals surface area (Å²) in [4.78, 5) is 13.4. The first-order valence-corrected chi connectivity index (χ1v) is 10.3. The summed E-state index contributed by atoms with van der Waals surface area (Å²) in [5.41, 5.74) is 2.68. The van der Waals surface area contributed by atoms with Crippen molar-refractivity contribution in [1.29, 1.82) is 0 Å². The number of para-hydroxylation sites is 2. The topological polar surface area (TPSA) is 56.6 Å². The SMILES string of the molecule is COc1ccccc1-n1nc(OC2CCN(C(C)=O)CC2)cc1-c1ccc(Cl)cc1. The van der Waals surface area contributed by atoms with E-state index in [0.29, 0.717) is 24.0 Å². The van der Waals surface area contributed by atoms with E-state index in [-0.39, 0.29) is 12.0 Å². The van der Waals surface area contributed by atoms with Gasteiger partial charge in [-0.1, -0.05) is 35.9 Å². The highest BCUT2D eigenvalue weighted by atomic mass is 35.5. The molecular formula is C23H24ClN3O3. The van der Waals surface area contributed by atoms with Crippen molar-refractivity contribution < 1.29 is 14.3 Å². The van der Waals surface area contributed by atoms with E-state index in [1.54, 1.807) is 14.0 Å². The Morgan fingerprint density at radius 1 is 1.10 bits per heavy atom. The number of carbonyl (C=O) groups excluding carboxylic acids is 1. The van der Waals surface area contributed by atoms with Crippen LogP contribution in [0.2, 0.25) is 5.02 Å². The van der Waals surface area contributed by atoms with E-state index in [0.717, 1.165) is 35.5 Å². The predicted molar refractivity (Wildman–Crippen MR) is 116 cm³/mol. The molecule has 2 aromatic carbocycles. The van der Waals surface area contributed by atoms with Crippen LogP contribution in [-0.4, -0.2) is 46.9 Å². The largest absolute Gasteiger partial charge is 0.494 e. The molecule has 1 aliphatic rings. The highest BCUT2D eigenvalue weighted by Gasteiger charge is 2.24. The lowest BCUT2D eigenvalue weighted by Crippen LogP contribution is -2.40. The van der Waals surface area contributed by atoms with Crippen LogP contribution in [0.3, 0.4) is 0 Å². The number of piperidine rings is 1. The molecule has 1 saturated heterocycles. The minimum absolute atomic E-state index is 0.0275. The summed E-state index contributed by atoms with van der Waals surface area (Å²) in [5, 5.41) is 5.41. The van der Waals surface area contributed by atoms with Crippen LogP contribution >= 0.6 is 11.6 Å². The van der Waals surface area contributed by atoms with Crippen LogP contribution in [0.25, 0.3) is 16.9 Å². The summed E-state index contributed by atoms with van der Waals surface area (Å²) >= 11 is 6.08. The number of nitrogens with zero attached hydrogens (tertiary/aromatic N) is 3. The molecule has 7 heteroatoms. The van der Waals surface area contributed by atoms with Gasteiger partial charge >= 0.3 is 0 Å². The van der Waals surface area contributed by atoms with Crippen LogP contribution in [0.1, 0.15) is 19.8 Å². The van der Waals surface area contributed by atoms with Gasteiger partial charge in [-0.25, -0.2) is 4.68 Å². The molecule has 1 aliphatic heterocycles. The standard InChI is InChI=1S/C23H24ClN3O3/c1-16(28)26-13-11-19(12-14-26)30-23-15-21(17-7-9-18(24)10-8-17)27(25-23)20-5-3-4-6-22(20)29-2/h3-10,15,19H,11-14H2,1-2H3. The van der Waals surface area contributed by atoms with Crippen LogP contribution in [0.4, 0.5) is 0 Å². The van der Waals surface area contributed by atoms with Gasteiger partial charge in [0.25, 0.3) is 0 Å². The minimum atomic E-state index is 0.0275. The quantitative estimate of drug-likeness (QED) is 0.599. The maximum absolute atomic E-state index is 11.6. The molecule has 0 bridgehead atoms. The number of amides is 1. The van der Waals surface area contributed by atoms with E-state index < -0.39 is 0 Å². The average molecular weight is 426 g/mol. The number of rotatable bonds is 5. The summed E-state index contributed by atoms with van der Waals surface area (Å²) in [6, 6.07) is 17.3. The maximum Gasteiger partial charge on any atom is 0.234 e. The molecule has 0 spiro atoms. The van der Waals surface area contributed by atoms with Crippen molar-refractivity contribution >= 4 is 17.5 Å². The lowest BCUT2D eigenvalue weighted by molar-refractivity contribution is -0.130. The zero-order valence-electron chi connectivity index (χ0n) is 17.0. The van der Waals surface area contributed by atoms with E-state index in [1.165, 1.54) is 0 Å². The fraction of sp³-hybridized carbons (Fsp3) is 0.304. The Hall–Kier alpha value is -2.99. The van der Waals surface area contributed by atoms with Crippen molar-refractivity contribution in [2.75, 3.05) is 20.2 Å². The number of halogens is 1. The number of hydrogen-bond acceptors (Lipinski definition) is 4. The molecular weight excluding hydrogens is 402 g/mol. The van der Waals surface area contributed by atoms with E-state index in [9.17, 15) is 4.79 Å². The first kappa shape index (κ1) is 20.3. The normalized spacial score (nSPS) is 14.6. The summed E-state index contributed by atoms with van der Waals surface area (Å²) in [5.74, 6) is 1.38. The van der Waals surface area contributed by atoms with Gasteiger partial charge in [-0.15, -0.1) is 5.10 Å². The smallest absolute Gasteiger partial charge is 0.234 e. The van der Waals surface area contributed by atoms with Crippen LogP contribution in [0.5, 0.6) is 11.6 Å². The minimum Gasteiger partial charge on any atom is -0.494 e. The Bertz CT molecular complexity index is 1020. The second-order valence-corrected chi connectivity index (χ2v) is 7.72. The van der Waals surface area contributed by atoms with Gasteiger partial charge in [0.2, 0.25) is 11.8 Å². The zero-order chi connectivity index (χ0) is 21.1. The predicted octanol–water partition coefficient (Wildman–Crippen LogP) is 4.59. The van der Waals surface area contributed by atoms with Gasteiger partial charge in [0.15, 0.2) is 0 Å². The number of ether oxygens (including phenoxy) is 2. The Morgan fingerprint density at radius 2 is 1.80 bits per heavy atom. The molecule has 4 rings (SSSR count). The Balaban J connectivity index is 1.66. The molecule has 3 aromatic rings. The van der Waals surface area contributed by atoms with E-state index in [4.69, 9.17) is 26.2 Å². The summed E-state index contributed by atoms with van der Waals surface area (Å²) in [7, 11) is 1.64. The van der Waals surface area contributed by atoms with Gasteiger partial charge in [0.1, 0.15) is 17.5 Å². The molecule has 2 heterocycles. The van der Waals surface area contributed by atoms with Crippen molar-refractivity contribution in [3.63, 3.8) is 0 Å². The Morgan fingerprint density at radius 3 is 2.47 bits per heavy atom. The molecule has 6 nitrogen and oxygen atoms in total. The first-order valence-electron chi connectivity index (χ1n) is 9.96. The summed E-state index contributed by atoms with van der Waals surface area (Å²) in [6.45, 7) is 3.02. The fourth-order valence-electron chi connectivity index (χ4n) is 3.69. The van der Waals surface area contributed by atoms with Crippen LogP contribution in [-0.2, 0) is 4.79 Å². The molecule has 0 aliphatic carbocycles. The summed E-state index contributed by atoms with van der Waals surface area (Å²) < 4.78 is 13.6. The number of hydrogen-bond donors (Lipinski definition) is 0. The van der Waals surface area contributed by atoms with Gasteiger partial charge < -0.3 is 14.4 Å². The first-order chi connectivity index (χ1) is 14.5. The van der Waals surface area contributed by atoms with Gasteiger partial charge in [0.05, 0.1) is 12.8 Å². The van der Waals surface area contributed by atoms with Crippen LogP contribution < -0.4 is 9.47 Å². The number of benzene rings is 2. The second kappa shape index (κ2) is 8.79. The number of likely N-dealkylation sites (tertiary alicyclic amines) is 1. The Labute approximate surface area is 181 Å². The molecule has 0 unspecified atom stereocenters. The Kier molecular flexibility index (Phi) is 5.95. The second-order valence-electron chi connectivity index (χ2n) is 7.28. The van der Waals surface area contributed by atoms with Gasteiger partial charge in [0, 0.05) is 49.5 Å². The molecule has 0 radical (unpaired) electrons. The molecule has 0 saturated carbocycles. The van der Waals surface area contributed by atoms with Crippen LogP contribution in [0.15, 0.2) is 54.6 Å². The third kappa shape index (κ3) is 4.28. The molecule has 1 fully saturated rings. The van der Waals surface area contributed by atoms with E-state index >= 15 is 0 Å². The van der Waals surface area contributed by atoms with Crippen molar-refractivity contribution in [3.05, 3.63) is 59.6 Å². The van der Waals surface area contributed by atoms with Crippen molar-refractivity contribution in [2.45, 2.75) is 25.9 Å². The lowest BCUT2D eigenvalue weighted by atomic mass is 10.1. The average Bonchev–Trinajstić information content (AvgIpc) is 3.18. The summed E-state index contributed by atoms with van der Waals surface area (Å²) in [6.07, 6.45) is 1.61. The van der Waals surface area contributed by atoms with Gasteiger partial charge in [-0.2, -0.15) is 0 Å². The van der Waals surface area contributed by atoms with E-state index in [1.807, 2.05) is 64.2 Å². The molecule has 1 amide bonds. The van der Waals surface area contributed by atoms with E-state index in [2.05, 4.69) is 0 Å². The molecule has 0 N–H and O–H groups in total. The molecule has 156 valence electrons. The maximum atomic E-state index is 11.6. The number of carbonyl (C=O) groups is 1. The number of aromatic nitrogens is 2. The van der Waals surface area contributed by atoms with Gasteiger partial charge in [-0.05, 0) is 24.3 Å². The highest BCUT2D eigenvalue weighted by Crippen LogP contribution is 2.32. The monoisotopic (exact) mass is 425 g/mol. The van der Waals surface area contributed by atoms with Crippen molar-refractivity contribution in [1.82, 2.24) is 14.7 Å². The number of methoxy groups -OCH3 is 1. The zero-order valence-corrected chi connectivity index (χ0v) is 17.8. The van der Waals surface area contributed by atoms with Crippen molar-refractivity contribution in [3.8, 4) is 28.6 Å². The third-order valence-corrected chi connectivity index (χ3v) is 5.57. The molecule has 30 heavy (non-hydrogen) atoms. The third-order valence-electron chi connectivity index (χ3n) is 5.32. The van der Waals surface area contributed by atoms with Crippen molar-refractivity contribution in [2.24, 2.45) is 0 Å². The van der Waals surface area contributed by atoms with Crippen LogP contribution in [0, 0.1) is 0 Å². The molecule has 1 aromatic heterocycles. The van der Waals surface area contributed by atoms with Gasteiger partial charge in [-0.3, -0.25) is 4.79 Å². The molecule has 0 atom stereocenters.